The molecule has 10 heavy (non-hydrogen) atoms. The third-order valence-corrected chi connectivity index (χ3v) is 2.01. The predicted molar refractivity (Wildman–Crippen MR) is 38.9 cm³/mol. The van der Waals surface area contributed by atoms with Gasteiger partial charge in [0.2, 0.25) is 10.0 Å². The minimum absolute atomic E-state index is 0.137. The van der Waals surface area contributed by atoms with Gasteiger partial charge in [-0.3, -0.25) is 0 Å². The van der Waals surface area contributed by atoms with Crippen molar-refractivity contribution in [3.05, 3.63) is 0 Å². The molecule has 0 aromatic heterocycles. The standard InChI is InChI=1S/C5H13NO3S/c1-2-5(7)3-4-10(6,8)9/h5,7H,2-4H2,1H3,(H2,6,8,9). The fourth-order valence-electron chi connectivity index (χ4n) is 0.504. The Morgan fingerprint density at radius 2 is 2.10 bits per heavy atom. The molecule has 0 saturated heterocycles. The zero-order valence-corrected chi connectivity index (χ0v) is 6.76. The molecule has 0 saturated carbocycles. The number of hydrogen-bond acceptors (Lipinski definition) is 3. The monoisotopic (exact) mass is 167 g/mol. The molecular formula is C5H13NO3S. The number of nitrogens with two attached hydrogens (primary N) is 1. The summed E-state index contributed by atoms with van der Waals surface area (Å²) in [5.41, 5.74) is 0. The first-order valence-corrected chi connectivity index (χ1v) is 4.85. The Labute approximate surface area is 61.1 Å². The Bertz CT molecular complexity index is 175. The first-order chi connectivity index (χ1) is 4.45. The molecule has 4 nitrogen and oxygen atoms in total. The molecule has 0 spiro atoms. The summed E-state index contributed by atoms with van der Waals surface area (Å²) in [5.74, 6) is -0.137. The Kier molecular flexibility index (Phi) is 3.85. The van der Waals surface area contributed by atoms with Crippen LogP contribution in [0.2, 0.25) is 0 Å². The van der Waals surface area contributed by atoms with Crippen LogP contribution in [0.4, 0.5) is 0 Å². The van der Waals surface area contributed by atoms with Gasteiger partial charge < -0.3 is 5.11 Å². The lowest BCUT2D eigenvalue weighted by atomic mass is 10.2. The maximum absolute atomic E-state index is 10.3. The van der Waals surface area contributed by atoms with Crippen LogP contribution in [0.15, 0.2) is 0 Å². The highest BCUT2D eigenvalue weighted by molar-refractivity contribution is 7.89. The van der Waals surface area contributed by atoms with Crippen molar-refractivity contribution in [2.75, 3.05) is 5.75 Å². The molecule has 0 aliphatic heterocycles. The topological polar surface area (TPSA) is 80.4 Å². The van der Waals surface area contributed by atoms with Gasteiger partial charge in [-0.1, -0.05) is 6.92 Å². The lowest BCUT2D eigenvalue weighted by molar-refractivity contribution is 0.167. The molecule has 0 bridgehead atoms. The van der Waals surface area contributed by atoms with Crippen LogP contribution in [-0.2, 0) is 10.0 Å². The average molecular weight is 167 g/mol. The van der Waals surface area contributed by atoms with Crippen molar-refractivity contribution in [1.29, 1.82) is 0 Å². The van der Waals surface area contributed by atoms with Crippen LogP contribution in [0.1, 0.15) is 19.8 Å². The molecule has 1 unspecified atom stereocenters. The zero-order chi connectivity index (χ0) is 8.20. The lowest BCUT2D eigenvalue weighted by Crippen LogP contribution is -2.20. The van der Waals surface area contributed by atoms with Crippen LogP contribution in [-0.4, -0.2) is 25.4 Å². The van der Waals surface area contributed by atoms with Crippen molar-refractivity contribution in [1.82, 2.24) is 0 Å². The van der Waals surface area contributed by atoms with E-state index in [1.54, 1.807) is 6.92 Å². The Morgan fingerprint density at radius 3 is 2.40 bits per heavy atom. The van der Waals surface area contributed by atoms with Crippen molar-refractivity contribution in [2.24, 2.45) is 5.14 Å². The number of primary sulfonamides is 1. The van der Waals surface area contributed by atoms with Crippen LogP contribution in [0.3, 0.4) is 0 Å². The highest BCUT2D eigenvalue weighted by Crippen LogP contribution is 1.97. The van der Waals surface area contributed by atoms with Gasteiger partial charge in [0.15, 0.2) is 0 Å². The molecule has 0 amide bonds. The molecule has 62 valence electrons. The van der Waals surface area contributed by atoms with Gasteiger partial charge >= 0.3 is 0 Å². The number of rotatable bonds is 4. The lowest BCUT2D eigenvalue weighted by Gasteiger charge is -2.04. The maximum Gasteiger partial charge on any atom is 0.209 e. The van der Waals surface area contributed by atoms with E-state index >= 15 is 0 Å². The van der Waals surface area contributed by atoms with Crippen molar-refractivity contribution in [2.45, 2.75) is 25.9 Å². The predicted octanol–water partition coefficient (Wildman–Crippen LogP) is -0.564. The summed E-state index contributed by atoms with van der Waals surface area (Å²) in [6.45, 7) is 1.79. The smallest absolute Gasteiger partial charge is 0.209 e. The van der Waals surface area contributed by atoms with Gasteiger partial charge in [0.25, 0.3) is 0 Å². The van der Waals surface area contributed by atoms with Crippen molar-refractivity contribution >= 4 is 10.0 Å². The molecule has 0 aliphatic rings. The van der Waals surface area contributed by atoms with E-state index in [2.05, 4.69) is 0 Å². The molecule has 0 aliphatic carbocycles. The van der Waals surface area contributed by atoms with E-state index in [9.17, 15) is 8.42 Å². The maximum atomic E-state index is 10.3. The quantitative estimate of drug-likeness (QED) is 0.588. The Morgan fingerprint density at radius 1 is 1.60 bits per heavy atom. The third-order valence-electron chi connectivity index (χ3n) is 1.21. The minimum atomic E-state index is -3.39. The zero-order valence-electron chi connectivity index (χ0n) is 5.95. The summed E-state index contributed by atoms with van der Waals surface area (Å²) in [6.07, 6.45) is 0.253. The van der Waals surface area contributed by atoms with E-state index in [0.29, 0.717) is 6.42 Å². The fraction of sp³-hybridized carbons (Fsp3) is 1.00. The minimum Gasteiger partial charge on any atom is -0.393 e. The van der Waals surface area contributed by atoms with Crippen LogP contribution in [0, 0.1) is 0 Å². The molecule has 0 aromatic carbocycles. The average Bonchev–Trinajstić information content (AvgIpc) is 1.81. The SMILES string of the molecule is CCC(O)CCS(N)(=O)=O. The summed E-state index contributed by atoms with van der Waals surface area (Å²) >= 11 is 0. The highest BCUT2D eigenvalue weighted by atomic mass is 32.2. The molecule has 0 aromatic rings. The van der Waals surface area contributed by atoms with Gasteiger partial charge in [-0.2, -0.15) is 0 Å². The second-order valence-corrected chi connectivity index (χ2v) is 3.95. The second-order valence-electron chi connectivity index (χ2n) is 2.22. The van der Waals surface area contributed by atoms with Crippen molar-refractivity contribution in [3.8, 4) is 0 Å². The number of sulfonamides is 1. The number of hydrogen-bond donors (Lipinski definition) is 2. The van der Waals surface area contributed by atoms with E-state index in [1.165, 1.54) is 0 Å². The molecule has 1 atom stereocenters. The summed E-state index contributed by atoms with van der Waals surface area (Å²) in [5, 5.41) is 13.6. The molecule has 0 rings (SSSR count). The van der Waals surface area contributed by atoms with Crippen LogP contribution >= 0.6 is 0 Å². The molecule has 0 radical (unpaired) electrons. The van der Waals surface area contributed by atoms with Crippen molar-refractivity contribution < 1.29 is 13.5 Å². The van der Waals surface area contributed by atoms with Crippen molar-refractivity contribution in [3.63, 3.8) is 0 Å². The summed E-state index contributed by atoms with van der Waals surface area (Å²) < 4.78 is 20.6. The van der Waals surface area contributed by atoms with Gasteiger partial charge in [-0.05, 0) is 12.8 Å². The van der Waals surface area contributed by atoms with E-state index < -0.39 is 16.1 Å². The molecule has 3 N–H and O–H groups in total. The summed E-state index contributed by atoms with van der Waals surface area (Å²) in [4.78, 5) is 0. The first-order valence-electron chi connectivity index (χ1n) is 3.14. The van der Waals surface area contributed by atoms with Gasteiger partial charge in [-0.25, -0.2) is 13.6 Å². The van der Waals surface area contributed by atoms with E-state index in [-0.39, 0.29) is 12.2 Å². The summed E-state index contributed by atoms with van der Waals surface area (Å²) in [6, 6.07) is 0. The van der Waals surface area contributed by atoms with Gasteiger partial charge in [0, 0.05) is 0 Å². The van der Waals surface area contributed by atoms with Gasteiger partial charge in [-0.15, -0.1) is 0 Å². The Hall–Kier alpha value is -0.130. The van der Waals surface area contributed by atoms with E-state index in [0.717, 1.165) is 0 Å². The highest BCUT2D eigenvalue weighted by Gasteiger charge is 2.06. The first kappa shape index (κ1) is 9.87. The number of aliphatic hydroxyl groups excluding tert-OH is 1. The van der Waals surface area contributed by atoms with E-state index in [4.69, 9.17) is 10.2 Å². The normalized spacial score (nSPS) is 15.1. The Balaban J connectivity index is 3.56. The fourth-order valence-corrected chi connectivity index (χ4v) is 1.11. The third kappa shape index (κ3) is 6.00. The van der Waals surface area contributed by atoms with Crippen LogP contribution in [0.25, 0.3) is 0 Å². The molecule has 0 heterocycles. The second kappa shape index (κ2) is 3.90. The molecule has 5 heteroatoms. The van der Waals surface area contributed by atoms with Crippen LogP contribution in [0.5, 0.6) is 0 Å². The van der Waals surface area contributed by atoms with E-state index in [1.807, 2.05) is 0 Å². The number of aliphatic hydroxyl groups is 1. The molecule has 0 fully saturated rings. The largest absolute Gasteiger partial charge is 0.393 e. The molecular weight excluding hydrogens is 154 g/mol. The van der Waals surface area contributed by atoms with Crippen LogP contribution < -0.4 is 5.14 Å². The summed E-state index contributed by atoms with van der Waals surface area (Å²) in [7, 11) is -3.39. The van der Waals surface area contributed by atoms with Gasteiger partial charge in [0.1, 0.15) is 0 Å². The van der Waals surface area contributed by atoms with Gasteiger partial charge in [0.05, 0.1) is 11.9 Å².